The first-order valence-electron chi connectivity index (χ1n) is 7.36. The maximum Gasteiger partial charge on any atom is 0.271 e. The summed E-state index contributed by atoms with van der Waals surface area (Å²) >= 11 is 0. The number of ether oxygens (including phenoxy) is 1. The van der Waals surface area contributed by atoms with Gasteiger partial charge in [-0.15, -0.1) is 0 Å². The Labute approximate surface area is 128 Å². The Balaban J connectivity index is 1.61. The van der Waals surface area contributed by atoms with E-state index in [1.54, 1.807) is 18.3 Å². The van der Waals surface area contributed by atoms with Crippen LogP contribution >= 0.6 is 0 Å². The van der Waals surface area contributed by atoms with E-state index < -0.39 is 12.4 Å². The molecule has 7 nitrogen and oxygen atoms in total. The molecule has 3 N–H and O–H groups in total. The zero-order chi connectivity index (χ0) is 15.5. The van der Waals surface area contributed by atoms with E-state index in [-0.39, 0.29) is 23.7 Å². The predicted molar refractivity (Wildman–Crippen MR) is 77.9 cm³/mol. The molecule has 7 heteroatoms. The number of aromatic nitrogens is 1. The molecule has 5 atom stereocenters. The summed E-state index contributed by atoms with van der Waals surface area (Å²) in [6.07, 6.45) is 4.45. The largest absolute Gasteiger partial charge is 0.392 e. The van der Waals surface area contributed by atoms with Gasteiger partial charge in [0, 0.05) is 36.5 Å². The number of nitrogens with zero attached hydrogens (tertiary/aromatic N) is 2. The number of hydrogen-bond acceptors (Lipinski definition) is 6. The van der Waals surface area contributed by atoms with Crippen molar-refractivity contribution < 1.29 is 19.7 Å². The van der Waals surface area contributed by atoms with Gasteiger partial charge >= 0.3 is 0 Å². The Morgan fingerprint density at radius 1 is 1.36 bits per heavy atom. The molecule has 1 aliphatic heterocycles. The second kappa shape index (κ2) is 6.51. The quantitative estimate of drug-likeness (QED) is 0.545. The SMILES string of the molecule is O=C(NN=C[C@H]1[C@H]2CC(O)OC[C@H]2C[C@H]1O)c1ccncc1. The van der Waals surface area contributed by atoms with Gasteiger partial charge in [0.1, 0.15) is 0 Å². The van der Waals surface area contributed by atoms with Crippen LogP contribution in [0.15, 0.2) is 29.6 Å². The van der Waals surface area contributed by atoms with Crippen LogP contribution in [0.25, 0.3) is 0 Å². The van der Waals surface area contributed by atoms with Crippen LogP contribution in [-0.4, -0.2) is 46.3 Å². The highest BCUT2D eigenvalue weighted by molar-refractivity contribution is 5.94. The number of hydrazone groups is 1. The number of rotatable bonds is 3. The second-order valence-corrected chi connectivity index (χ2v) is 5.78. The molecule has 22 heavy (non-hydrogen) atoms. The van der Waals surface area contributed by atoms with Crippen molar-refractivity contribution in [3.8, 4) is 0 Å². The standard InChI is InChI=1S/C15H19N3O4/c19-13-5-10-8-22-14(20)6-11(10)12(13)7-17-18-15(21)9-1-3-16-4-2-9/h1-4,7,10-14,19-20H,5-6,8H2,(H,18,21)/t10-,11+,12+,13-,14?/m1/s1. The fourth-order valence-electron chi connectivity index (χ4n) is 3.28. The zero-order valence-corrected chi connectivity index (χ0v) is 12.0. The van der Waals surface area contributed by atoms with E-state index in [0.29, 0.717) is 25.0 Å². The zero-order valence-electron chi connectivity index (χ0n) is 12.0. The third-order valence-corrected chi connectivity index (χ3v) is 4.42. The van der Waals surface area contributed by atoms with Gasteiger partial charge < -0.3 is 14.9 Å². The number of carbonyl (C=O) groups excluding carboxylic acids is 1. The van der Waals surface area contributed by atoms with Gasteiger partial charge in [0.15, 0.2) is 6.29 Å². The third kappa shape index (κ3) is 3.16. The summed E-state index contributed by atoms with van der Waals surface area (Å²) in [4.78, 5) is 15.7. The molecule has 0 aromatic carbocycles. The minimum atomic E-state index is -0.783. The van der Waals surface area contributed by atoms with Gasteiger partial charge in [-0.05, 0) is 30.4 Å². The Morgan fingerprint density at radius 2 is 2.14 bits per heavy atom. The first kappa shape index (κ1) is 15.1. The Morgan fingerprint density at radius 3 is 2.91 bits per heavy atom. The molecule has 2 aliphatic rings. The van der Waals surface area contributed by atoms with Gasteiger partial charge in [0.25, 0.3) is 5.91 Å². The molecule has 1 saturated carbocycles. The van der Waals surface area contributed by atoms with Crippen LogP contribution in [0.3, 0.4) is 0 Å². The molecule has 1 saturated heterocycles. The maximum absolute atomic E-state index is 11.9. The molecular weight excluding hydrogens is 286 g/mol. The number of hydrogen-bond donors (Lipinski definition) is 3. The lowest BCUT2D eigenvalue weighted by Gasteiger charge is -2.31. The van der Waals surface area contributed by atoms with Gasteiger partial charge in [-0.25, -0.2) is 5.43 Å². The number of nitrogens with one attached hydrogen (secondary N) is 1. The van der Waals surface area contributed by atoms with Crippen molar-refractivity contribution in [3.05, 3.63) is 30.1 Å². The van der Waals surface area contributed by atoms with E-state index in [1.807, 2.05) is 0 Å². The van der Waals surface area contributed by atoms with E-state index in [0.717, 1.165) is 0 Å². The number of carbonyl (C=O) groups is 1. The minimum absolute atomic E-state index is 0.125. The number of aliphatic hydroxyl groups is 2. The topological polar surface area (TPSA) is 104 Å². The molecule has 118 valence electrons. The van der Waals surface area contributed by atoms with Gasteiger partial charge in [-0.3, -0.25) is 9.78 Å². The molecule has 1 amide bonds. The van der Waals surface area contributed by atoms with Crippen molar-refractivity contribution in [2.24, 2.45) is 22.9 Å². The van der Waals surface area contributed by atoms with Crippen LogP contribution < -0.4 is 5.43 Å². The molecule has 0 spiro atoms. The molecule has 2 heterocycles. The summed E-state index contributed by atoms with van der Waals surface area (Å²) in [5.74, 6) is -0.151. The lowest BCUT2D eigenvalue weighted by Crippen LogP contribution is -2.34. The average Bonchev–Trinajstić information content (AvgIpc) is 2.83. The van der Waals surface area contributed by atoms with E-state index in [2.05, 4.69) is 15.5 Å². The van der Waals surface area contributed by atoms with Crippen LogP contribution in [-0.2, 0) is 4.74 Å². The fraction of sp³-hybridized carbons (Fsp3) is 0.533. The van der Waals surface area contributed by atoms with E-state index in [1.165, 1.54) is 12.4 Å². The van der Waals surface area contributed by atoms with Crippen LogP contribution in [0.4, 0.5) is 0 Å². The molecule has 1 aromatic rings. The molecule has 0 radical (unpaired) electrons. The summed E-state index contributed by atoms with van der Waals surface area (Å²) in [7, 11) is 0. The van der Waals surface area contributed by atoms with Crippen molar-refractivity contribution >= 4 is 12.1 Å². The predicted octanol–water partition coefficient (Wildman–Crippen LogP) is 0.149. The Bertz CT molecular complexity index is 551. The normalized spacial score (nSPS) is 34.5. The smallest absolute Gasteiger partial charge is 0.271 e. The highest BCUT2D eigenvalue weighted by Gasteiger charge is 2.45. The average molecular weight is 305 g/mol. The van der Waals surface area contributed by atoms with Crippen molar-refractivity contribution in [2.45, 2.75) is 25.2 Å². The van der Waals surface area contributed by atoms with Crippen LogP contribution in [0, 0.1) is 17.8 Å². The van der Waals surface area contributed by atoms with E-state index in [9.17, 15) is 15.0 Å². The van der Waals surface area contributed by atoms with Gasteiger partial charge in [-0.2, -0.15) is 5.10 Å². The first-order chi connectivity index (χ1) is 10.6. The van der Waals surface area contributed by atoms with Crippen molar-refractivity contribution in [2.75, 3.05) is 6.61 Å². The molecule has 1 aromatic heterocycles. The summed E-state index contributed by atoms with van der Waals surface area (Å²) in [6, 6.07) is 3.19. The van der Waals surface area contributed by atoms with Gasteiger partial charge in [0.2, 0.25) is 0 Å². The highest BCUT2D eigenvalue weighted by atomic mass is 16.6. The van der Waals surface area contributed by atoms with Gasteiger partial charge in [0.05, 0.1) is 12.7 Å². The first-order valence-corrected chi connectivity index (χ1v) is 7.36. The lowest BCUT2D eigenvalue weighted by atomic mass is 9.85. The van der Waals surface area contributed by atoms with E-state index in [4.69, 9.17) is 4.74 Å². The molecular formula is C15H19N3O4. The van der Waals surface area contributed by atoms with Gasteiger partial charge in [-0.1, -0.05) is 0 Å². The summed E-state index contributed by atoms with van der Waals surface area (Å²) in [6.45, 7) is 0.455. The fourth-order valence-corrected chi connectivity index (χ4v) is 3.28. The number of amides is 1. The lowest BCUT2D eigenvalue weighted by molar-refractivity contribution is -0.155. The Hall–Kier alpha value is -1.83. The van der Waals surface area contributed by atoms with Crippen molar-refractivity contribution in [1.29, 1.82) is 0 Å². The number of fused-ring (bicyclic) bond motifs is 1. The van der Waals surface area contributed by atoms with Crippen molar-refractivity contribution in [3.63, 3.8) is 0 Å². The monoisotopic (exact) mass is 305 g/mol. The third-order valence-electron chi connectivity index (χ3n) is 4.42. The maximum atomic E-state index is 11.9. The van der Waals surface area contributed by atoms with Crippen molar-refractivity contribution in [1.82, 2.24) is 10.4 Å². The molecule has 1 unspecified atom stereocenters. The number of pyridine rings is 1. The highest BCUT2D eigenvalue weighted by Crippen LogP contribution is 2.42. The van der Waals surface area contributed by atoms with E-state index >= 15 is 0 Å². The van der Waals surface area contributed by atoms with Crippen LogP contribution in [0.5, 0.6) is 0 Å². The number of aliphatic hydroxyl groups excluding tert-OH is 2. The minimum Gasteiger partial charge on any atom is -0.392 e. The Kier molecular flexibility index (Phi) is 4.47. The summed E-state index contributed by atoms with van der Waals surface area (Å²) in [5.41, 5.74) is 2.92. The molecule has 2 fully saturated rings. The second-order valence-electron chi connectivity index (χ2n) is 5.78. The summed E-state index contributed by atoms with van der Waals surface area (Å²) in [5, 5.41) is 23.7. The molecule has 1 aliphatic carbocycles. The van der Waals surface area contributed by atoms with Crippen LogP contribution in [0.1, 0.15) is 23.2 Å². The van der Waals surface area contributed by atoms with Crippen LogP contribution in [0.2, 0.25) is 0 Å². The molecule has 0 bridgehead atoms. The molecule has 3 rings (SSSR count). The summed E-state index contributed by atoms with van der Waals surface area (Å²) < 4.78 is 5.21.